The zero-order chi connectivity index (χ0) is 16.1. The fraction of sp³-hybridized carbons (Fsp3) is 0.368. The zero-order valence-corrected chi connectivity index (χ0v) is 13.9. The van der Waals surface area contributed by atoms with Gasteiger partial charge >= 0.3 is 0 Å². The Morgan fingerprint density at radius 2 is 1.35 bits per heavy atom. The quantitative estimate of drug-likeness (QED) is 0.796. The van der Waals surface area contributed by atoms with Crippen molar-refractivity contribution in [1.29, 1.82) is 0 Å². The van der Waals surface area contributed by atoms with Crippen LogP contribution in [0.2, 0.25) is 0 Å². The van der Waals surface area contributed by atoms with E-state index in [1.165, 1.54) is 16.7 Å². The van der Waals surface area contributed by atoms with E-state index in [9.17, 15) is 0 Å². The lowest BCUT2D eigenvalue weighted by molar-refractivity contribution is 0.124. The predicted molar refractivity (Wildman–Crippen MR) is 93.7 cm³/mol. The minimum Gasteiger partial charge on any atom is -0.295 e. The monoisotopic (exact) mass is 308 g/mol. The molecule has 2 aromatic carbocycles. The smallest absolute Gasteiger partial charge is 0.0874 e. The Labute approximate surface area is 138 Å². The second-order valence-electron chi connectivity index (χ2n) is 6.24. The standard InChI is InChI=1S/C19H24N4/c1-16-3-7-18(8-4-16)15-22-11-13-23(14-12-22)21-20-19-9-5-17(2)6-10-19/h3-10H,11-15H2,1-2H3/b21-20+. The molecule has 1 fully saturated rings. The maximum atomic E-state index is 4.37. The number of hydrogen-bond donors (Lipinski definition) is 0. The molecule has 3 rings (SSSR count). The van der Waals surface area contributed by atoms with E-state index in [0.717, 1.165) is 38.4 Å². The van der Waals surface area contributed by atoms with Gasteiger partial charge in [-0.05, 0) is 31.5 Å². The van der Waals surface area contributed by atoms with E-state index < -0.39 is 0 Å². The summed E-state index contributed by atoms with van der Waals surface area (Å²) in [5, 5.41) is 10.8. The largest absolute Gasteiger partial charge is 0.295 e. The average molecular weight is 308 g/mol. The molecular formula is C19H24N4. The van der Waals surface area contributed by atoms with Crippen LogP contribution in [-0.2, 0) is 6.54 Å². The van der Waals surface area contributed by atoms with Crippen LogP contribution in [0.1, 0.15) is 16.7 Å². The molecule has 120 valence electrons. The molecule has 0 spiro atoms. The van der Waals surface area contributed by atoms with Crippen LogP contribution < -0.4 is 0 Å². The van der Waals surface area contributed by atoms with E-state index in [-0.39, 0.29) is 0 Å². The van der Waals surface area contributed by atoms with E-state index in [4.69, 9.17) is 0 Å². The summed E-state index contributed by atoms with van der Waals surface area (Å²) in [6.07, 6.45) is 0. The number of benzene rings is 2. The molecule has 0 saturated carbocycles. The molecule has 0 amide bonds. The molecule has 1 heterocycles. The third-order valence-corrected chi connectivity index (χ3v) is 4.20. The molecule has 0 atom stereocenters. The summed E-state index contributed by atoms with van der Waals surface area (Å²) in [7, 11) is 0. The number of hydrogen-bond acceptors (Lipinski definition) is 3. The molecule has 0 bridgehead atoms. The fourth-order valence-corrected chi connectivity index (χ4v) is 2.66. The molecular weight excluding hydrogens is 284 g/mol. The van der Waals surface area contributed by atoms with Crippen molar-refractivity contribution < 1.29 is 0 Å². The summed E-state index contributed by atoms with van der Waals surface area (Å²) >= 11 is 0. The fourth-order valence-electron chi connectivity index (χ4n) is 2.66. The highest BCUT2D eigenvalue weighted by atomic mass is 15.6. The van der Waals surface area contributed by atoms with Gasteiger partial charge in [-0.25, -0.2) is 0 Å². The first-order valence-corrected chi connectivity index (χ1v) is 8.20. The van der Waals surface area contributed by atoms with Gasteiger partial charge in [-0.15, -0.1) is 5.11 Å². The van der Waals surface area contributed by atoms with Gasteiger partial charge in [-0.3, -0.25) is 9.91 Å². The van der Waals surface area contributed by atoms with Crippen molar-refractivity contribution in [2.75, 3.05) is 26.2 Å². The summed E-state index contributed by atoms with van der Waals surface area (Å²) in [5.41, 5.74) is 4.85. The average Bonchev–Trinajstić information content (AvgIpc) is 2.58. The second-order valence-corrected chi connectivity index (χ2v) is 6.24. The molecule has 1 aliphatic heterocycles. The molecule has 0 aromatic heterocycles. The Hall–Kier alpha value is -2.20. The Kier molecular flexibility index (Phi) is 5.03. The van der Waals surface area contributed by atoms with Crippen LogP contribution in [-0.4, -0.2) is 36.1 Å². The minimum atomic E-state index is 0.915. The molecule has 4 nitrogen and oxygen atoms in total. The van der Waals surface area contributed by atoms with E-state index in [1.807, 2.05) is 12.1 Å². The Bertz CT molecular complexity index is 638. The van der Waals surface area contributed by atoms with Gasteiger partial charge in [0.25, 0.3) is 0 Å². The van der Waals surface area contributed by atoms with Crippen LogP contribution in [0, 0.1) is 13.8 Å². The SMILES string of the molecule is Cc1ccc(CN2CCN(/N=N/c3ccc(C)cc3)CC2)cc1. The lowest BCUT2D eigenvalue weighted by Crippen LogP contribution is -2.43. The molecule has 0 aliphatic carbocycles. The lowest BCUT2D eigenvalue weighted by Gasteiger charge is -2.32. The Balaban J connectivity index is 1.48. The summed E-state index contributed by atoms with van der Waals surface area (Å²) in [6, 6.07) is 16.9. The maximum Gasteiger partial charge on any atom is 0.0874 e. The van der Waals surface area contributed by atoms with Crippen LogP contribution >= 0.6 is 0 Å². The van der Waals surface area contributed by atoms with Gasteiger partial charge in [0.2, 0.25) is 0 Å². The third kappa shape index (κ3) is 4.63. The van der Waals surface area contributed by atoms with Crippen molar-refractivity contribution in [2.45, 2.75) is 20.4 Å². The van der Waals surface area contributed by atoms with Crippen molar-refractivity contribution in [3.63, 3.8) is 0 Å². The molecule has 1 saturated heterocycles. The third-order valence-electron chi connectivity index (χ3n) is 4.20. The maximum absolute atomic E-state index is 4.37. The van der Waals surface area contributed by atoms with Gasteiger partial charge in [-0.2, -0.15) is 0 Å². The van der Waals surface area contributed by atoms with Gasteiger partial charge in [-0.1, -0.05) is 52.7 Å². The van der Waals surface area contributed by atoms with Gasteiger partial charge < -0.3 is 0 Å². The van der Waals surface area contributed by atoms with E-state index in [2.05, 4.69) is 70.5 Å². The van der Waals surface area contributed by atoms with Gasteiger partial charge in [0.05, 0.1) is 18.8 Å². The summed E-state index contributed by atoms with van der Waals surface area (Å²) in [5.74, 6) is 0. The first kappa shape index (κ1) is 15.7. The second kappa shape index (κ2) is 7.38. The Morgan fingerprint density at radius 3 is 1.96 bits per heavy atom. The highest BCUT2D eigenvalue weighted by Gasteiger charge is 2.15. The Morgan fingerprint density at radius 1 is 0.783 bits per heavy atom. The van der Waals surface area contributed by atoms with Crippen molar-refractivity contribution in [3.05, 3.63) is 65.2 Å². The van der Waals surface area contributed by atoms with E-state index >= 15 is 0 Å². The van der Waals surface area contributed by atoms with Crippen LogP contribution in [0.5, 0.6) is 0 Å². The number of rotatable bonds is 4. The van der Waals surface area contributed by atoms with Crippen LogP contribution in [0.15, 0.2) is 58.9 Å². The lowest BCUT2D eigenvalue weighted by atomic mass is 10.1. The molecule has 4 heteroatoms. The highest BCUT2D eigenvalue weighted by molar-refractivity contribution is 5.37. The van der Waals surface area contributed by atoms with Gasteiger partial charge in [0.1, 0.15) is 0 Å². The molecule has 0 radical (unpaired) electrons. The van der Waals surface area contributed by atoms with Gasteiger partial charge in [0, 0.05) is 19.6 Å². The summed E-state index contributed by atoms with van der Waals surface area (Å²) in [4.78, 5) is 2.47. The topological polar surface area (TPSA) is 31.2 Å². The normalized spacial score (nSPS) is 16.2. The highest BCUT2D eigenvalue weighted by Crippen LogP contribution is 2.15. The van der Waals surface area contributed by atoms with E-state index in [0.29, 0.717) is 0 Å². The minimum absolute atomic E-state index is 0.915. The molecule has 0 unspecified atom stereocenters. The van der Waals surface area contributed by atoms with Crippen molar-refractivity contribution in [1.82, 2.24) is 9.91 Å². The molecule has 23 heavy (non-hydrogen) atoms. The first-order valence-electron chi connectivity index (χ1n) is 8.20. The van der Waals surface area contributed by atoms with Crippen molar-refractivity contribution in [2.24, 2.45) is 10.3 Å². The zero-order valence-electron chi connectivity index (χ0n) is 13.9. The van der Waals surface area contributed by atoms with Crippen LogP contribution in [0.4, 0.5) is 5.69 Å². The molecule has 1 aliphatic rings. The van der Waals surface area contributed by atoms with Crippen molar-refractivity contribution in [3.8, 4) is 0 Å². The van der Waals surface area contributed by atoms with Crippen LogP contribution in [0.3, 0.4) is 0 Å². The van der Waals surface area contributed by atoms with Crippen molar-refractivity contribution >= 4 is 5.69 Å². The number of aryl methyl sites for hydroxylation is 2. The summed E-state index contributed by atoms with van der Waals surface area (Å²) in [6.45, 7) is 9.14. The molecule has 2 aromatic rings. The van der Waals surface area contributed by atoms with Gasteiger partial charge in [0.15, 0.2) is 0 Å². The molecule has 0 N–H and O–H groups in total. The van der Waals surface area contributed by atoms with Crippen LogP contribution in [0.25, 0.3) is 0 Å². The number of piperazine rings is 1. The summed E-state index contributed by atoms with van der Waals surface area (Å²) < 4.78 is 0. The first-order chi connectivity index (χ1) is 11.2. The van der Waals surface area contributed by atoms with E-state index in [1.54, 1.807) is 0 Å². The predicted octanol–water partition coefficient (Wildman–Crippen LogP) is 4.12. The number of nitrogens with zero attached hydrogens (tertiary/aromatic N) is 4.